The number of aliphatic hydroxyl groups is 1. The highest BCUT2D eigenvalue weighted by Gasteiger charge is 2.02. The zero-order chi connectivity index (χ0) is 19.2. The molecule has 2 aromatic carbocycles. The van der Waals surface area contributed by atoms with Crippen LogP contribution in [0.4, 0.5) is 0 Å². The molecule has 0 unspecified atom stereocenters. The minimum atomic E-state index is -0.359. The van der Waals surface area contributed by atoms with Crippen molar-refractivity contribution in [2.45, 2.75) is 0 Å². The monoisotopic (exact) mass is 361 g/mol. The molecule has 136 valence electrons. The summed E-state index contributed by atoms with van der Waals surface area (Å²) in [5.74, 6) is -0.149. The minimum Gasteiger partial charge on any atom is -0.508 e. The molecule has 1 heterocycles. The highest BCUT2D eigenvalue weighted by atomic mass is 16.5. The third kappa shape index (κ3) is 4.46. The number of hydrogen-bond acceptors (Lipinski definition) is 4. The van der Waals surface area contributed by atoms with Crippen LogP contribution in [0, 0.1) is 0 Å². The topological polar surface area (TPSA) is 82.5 Å². The van der Waals surface area contributed by atoms with E-state index in [1.807, 2.05) is 30.5 Å². The van der Waals surface area contributed by atoms with Crippen molar-refractivity contribution < 1.29 is 19.7 Å². The summed E-state index contributed by atoms with van der Waals surface area (Å²) in [7, 11) is 1.45. The Morgan fingerprint density at radius 3 is 2.78 bits per heavy atom. The van der Waals surface area contributed by atoms with Crippen molar-refractivity contribution in [3.63, 3.8) is 0 Å². The van der Waals surface area contributed by atoms with Crippen LogP contribution in [0.15, 0.2) is 72.6 Å². The van der Waals surface area contributed by atoms with Gasteiger partial charge in [-0.2, -0.15) is 0 Å². The molecule has 27 heavy (non-hydrogen) atoms. The van der Waals surface area contributed by atoms with Gasteiger partial charge in [-0.3, -0.25) is 4.79 Å². The van der Waals surface area contributed by atoms with E-state index in [0.717, 1.165) is 22.5 Å². The number of aliphatic hydroxyl groups excluding tert-OH is 1. The summed E-state index contributed by atoms with van der Waals surface area (Å²) in [5, 5.41) is 20.6. The van der Waals surface area contributed by atoms with Crippen LogP contribution in [0.3, 0.4) is 0 Å². The molecule has 0 amide bonds. The second-order valence-electron chi connectivity index (χ2n) is 5.86. The Hall–Kier alpha value is -3.73. The summed E-state index contributed by atoms with van der Waals surface area (Å²) in [4.78, 5) is 15.1. The molecule has 5 nitrogen and oxygen atoms in total. The third-order valence-corrected chi connectivity index (χ3v) is 3.99. The van der Waals surface area contributed by atoms with Crippen LogP contribution in [0.2, 0.25) is 0 Å². The maximum atomic E-state index is 12.0. The lowest BCUT2D eigenvalue weighted by molar-refractivity contribution is -0.110. The van der Waals surface area contributed by atoms with E-state index in [2.05, 4.69) is 4.98 Å². The summed E-state index contributed by atoms with van der Waals surface area (Å²) < 4.78 is 5.02. The number of allylic oxidation sites excluding steroid dienone is 3. The maximum Gasteiger partial charge on any atom is 0.182 e. The molecule has 5 heteroatoms. The number of methoxy groups -OCH3 is 1. The number of carbonyl (C=O) groups is 1. The predicted molar refractivity (Wildman–Crippen MR) is 107 cm³/mol. The van der Waals surface area contributed by atoms with Gasteiger partial charge in [0.25, 0.3) is 0 Å². The number of para-hydroxylation sites is 1. The molecule has 3 rings (SSSR count). The molecule has 0 aliphatic rings. The van der Waals surface area contributed by atoms with Crippen LogP contribution in [-0.2, 0) is 4.79 Å². The standard InChI is InChI=1S/C22H19NO4/c1-27-21-13-15(6-10-20(21)26)5-8-18(24)14-19(25)9-7-16-3-2-4-17-11-12-23-22(16)17/h2-14,23,25-26H,1H3/b8-5+,9-7+,19-14-. The van der Waals surface area contributed by atoms with E-state index in [1.54, 1.807) is 24.3 Å². The first-order chi connectivity index (χ1) is 13.1. The molecule has 0 saturated heterocycles. The Morgan fingerprint density at radius 1 is 1.11 bits per heavy atom. The van der Waals surface area contributed by atoms with E-state index in [0.29, 0.717) is 11.3 Å². The molecular formula is C22H19NO4. The minimum absolute atomic E-state index is 0.0285. The lowest BCUT2D eigenvalue weighted by Crippen LogP contribution is -1.89. The van der Waals surface area contributed by atoms with Crippen LogP contribution in [0.25, 0.3) is 23.1 Å². The average molecular weight is 361 g/mol. The summed E-state index contributed by atoms with van der Waals surface area (Å²) in [6.07, 6.45) is 9.13. The molecule has 0 radical (unpaired) electrons. The Labute approximate surface area is 156 Å². The van der Waals surface area contributed by atoms with Gasteiger partial charge in [0, 0.05) is 12.3 Å². The molecule has 1 aromatic heterocycles. The van der Waals surface area contributed by atoms with Crippen LogP contribution in [-0.4, -0.2) is 28.1 Å². The van der Waals surface area contributed by atoms with E-state index in [1.165, 1.54) is 25.3 Å². The fourth-order valence-electron chi connectivity index (χ4n) is 2.64. The van der Waals surface area contributed by atoms with Gasteiger partial charge in [0.15, 0.2) is 17.3 Å². The average Bonchev–Trinajstić information content (AvgIpc) is 3.15. The van der Waals surface area contributed by atoms with Gasteiger partial charge in [0.05, 0.1) is 12.6 Å². The first-order valence-electron chi connectivity index (χ1n) is 8.31. The molecule has 0 bridgehead atoms. The van der Waals surface area contributed by atoms with Crippen molar-refractivity contribution in [1.29, 1.82) is 0 Å². The molecule has 0 spiro atoms. The first kappa shape index (κ1) is 18.1. The molecule has 0 aliphatic heterocycles. The normalized spacial score (nSPS) is 12.3. The van der Waals surface area contributed by atoms with Crippen molar-refractivity contribution in [1.82, 2.24) is 4.98 Å². The summed E-state index contributed by atoms with van der Waals surface area (Å²) in [5.41, 5.74) is 2.57. The molecule has 0 saturated carbocycles. The van der Waals surface area contributed by atoms with E-state index >= 15 is 0 Å². The molecule has 0 fully saturated rings. The number of hydrogen-bond donors (Lipinski definition) is 3. The number of ether oxygens (including phenoxy) is 1. The number of phenols is 1. The first-order valence-corrected chi connectivity index (χ1v) is 8.31. The number of carbonyl (C=O) groups excluding carboxylic acids is 1. The fraction of sp³-hybridized carbons (Fsp3) is 0.0455. The second-order valence-corrected chi connectivity index (χ2v) is 5.86. The summed E-state index contributed by atoms with van der Waals surface area (Å²) >= 11 is 0. The number of fused-ring (bicyclic) bond motifs is 1. The van der Waals surface area contributed by atoms with Gasteiger partial charge in [-0.1, -0.05) is 30.3 Å². The van der Waals surface area contributed by atoms with Crippen molar-refractivity contribution in [2.75, 3.05) is 7.11 Å². The Bertz CT molecular complexity index is 1060. The highest BCUT2D eigenvalue weighted by Crippen LogP contribution is 2.26. The summed E-state index contributed by atoms with van der Waals surface area (Å²) in [6.45, 7) is 0. The highest BCUT2D eigenvalue weighted by molar-refractivity contribution is 6.02. The zero-order valence-corrected chi connectivity index (χ0v) is 14.7. The Balaban J connectivity index is 1.70. The number of aromatic hydroxyl groups is 1. The molecule has 3 N–H and O–H groups in total. The zero-order valence-electron chi connectivity index (χ0n) is 14.7. The Morgan fingerprint density at radius 2 is 1.96 bits per heavy atom. The fourth-order valence-corrected chi connectivity index (χ4v) is 2.64. The van der Waals surface area contributed by atoms with Crippen LogP contribution in [0.5, 0.6) is 11.5 Å². The van der Waals surface area contributed by atoms with E-state index < -0.39 is 0 Å². The molecule has 0 atom stereocenters. The smallest absolute Gasteiger partial charge is 0.182 e. The van der Waals surface area contributed by atoms with Gasteiger partial charge >= 0.3 is 0 Å². The number of phenolic OH excluding ortho intramolecular Hbond substituents is 1. The predicted octanol–water partition coefficient (Wildman–Crippen LogP) is 4.62. The van der Waals surface area contributed by atoms with E-state index in [4.69, 9.17) is 4.74 Å². The van der Waals surface area contributed by atoms with E-state index in [-0.39, 0.29) is 17.3 Å². The number of aromatic nitrogens is 1. The third-order valence-electron chi connectivity index (χ3n) is 3.99. The molecule has 3 aromatic rings. The van der Waals surface area contributed by atoms with Gasteiger partial charge in [-0.15, -0.1) is 0 Å². The Kier molecular flexibility index (Phi) is 5.42. The van der Waals surface area contributed by atoms with Gasteiger partial charge in [0.1, 0.15) is 5.76 Å². The quantitative estimate of drug-likeness (QED) is 0.340. The number of rotatable bonds is 6. The lowest BCUT2D eigenvalue weighted by atomic mass is 10.1. The van der Waals surface area contributed by atoms with Gasteiger partial charge in [-0.05, 0) is 52.9 Å². The number of H-pyrrole nitrogens is 1. The summed E-state index contributed by atoms with van der Waals surface area (Å²) in [6, 6.07) is 12.6. The molecule has 0 aliphatic carbocycles. The van der Waals surface area contributed by atoms with Gasteiger partial charge in [-0.25, -0.2) is 0 Å². The van der Waals surface area contributed by atoms with Crippen LogP contribution >= 0.6 is 0 Å². The number of ketones is 1. The van der Waals surface area contributed by atoms with Crippen molar-refractivity contribution in [3.05, 3.63) is 83.8 Å². The maximum absolute atomic E-state index is 12.0. The SMILES string of the molecule is COc1cc(/C=C/C(=O)/C=C(O)/C=C/c2cccc3cc[nH]c23)ccc1O. The number of aromatic amines is 1. The second kappa shape index (κ2) is 8.10. The van der Waals surface area contributed by atoms with E-state index in [9.17, 15) is 15.0 Å². The van der Waals surface area contributed by atoms with Crippen molar-refractivity contribution in [3.8, 4) is 11.5 Å². The number of nitrogens with one attached hydrogen (secondary N) is 1. The van der Waals surface area contributed by atoms with Gasteiger partial charge < -0.3 is 19.9 Å². The largest absolute Gasteiger partial charge is 0.508 e. The van der Waals surface area contributed by atoms with Crippen LogP contribution < -0.4 is 4.74 Å². The van der Waals surface area contributed by atoms with Crippen molar-refractivity contribution in [2.24, 2.45) is 0 Å². The van der Waals surface area contributed by atoms with Crippen LogP contribution in [0.1, 0.15) is 11.1 Å². The lowest BCUT2D eigenvalue weighted by Gasteiger charge is -2.03. The van der Waals surface area contributed by atoms with Gasteiger partial charge in [0.2, 0.25) is 0 Å². The van der Waals surface area contributed by atoms with Crippen molar-refractivity contribution >= 4 is 28.8 Å². The molecular weight excluding hydrogens is 342 g/mol. The number of benzene rings is 2.